The summed E-state index contributed by atoms with van der Waals surface area (Å²) < 4.78 is -0.310. The Morgan fingerprint density at radius 3 is 2.60 bits per heavy atom. The van der Waals surface area contributed by atoms with Gasteiger partial charge in [-0.3, -0.25) is 0 Å². The first-order valence-electron chi connectivity index (χ1n) is 6.72. The van der Waals surface area contributed by atoms with Crippen LogP contribution in [-0.2, 0) is 0 Å². The quantitative estimate of drug-likeness (QED) is 0.585. The topological polar surface area (TPSA) is 99.2 Å². The number of unbranched alkanes of at least 4 members (excludes halogenated alkanes) is 3. The van der Waals surface area contributed by atoms with Crippen molar-refractivity contribution in [3.05, 3.63) is 5.69 Å². The van der Waals surface area contributed by atoms with Crippen LogP contribution in [0.1, 0.15) is 36.2 Å². The molecule has 0 spiro atoms. The Morgan fingerprint density at radius 1 is 1.20 bits per heavy atom. The van der Waals surface area contributed by atoms with E-state index in [2.05, 4.69) is 15.4 Å². The third kappa shape index (κ3) is 2.32. The van der Waals surface area contributed by atoms with Gasteiger partial charge in [-0.1, -0.05) is 6.42 Å². The molecule has 1 aromatic rings. The standard InChI is InChI=1S/C12H19N5O3/c1-16-10-9(13-15-14-10)11(19)17(2,12(16)20)7-5-3-4-6-8-18/h18H,3-8H2,1-2H3/p+1/t17-/m1/s1. The molecule has 1 aliphatic rings. The number of quaternary nitrogens is 1. The third-order valence-electron chi connectivity index (χ3n) is 3.72. The number of rotatable bonds is 6. The Morgan fingerprint density at radius 2 is 1.90 bits per heavy atom. The maximum Gasteiger partial charge on any atom is 0.432 e. The maximum absolute atomic E-state index is 12.4. The van der Waals surface area contributed by atoms with Gasteiger partial charge < -0.3 is 5.11 Å². The highest BCUT2D eigenvalue weighted by Gasteiger charge is 2.51. The number of carbonyl (C=O) groups is 2. The van der Waals surface area contributed by atoms with Crippen LogP contribution in [0.2, 0.25) is 0 Å². The zero-order valence-corrected chi connectivity index (χ0v) is 11.8. The molecule has 0 bridgehead atoms. The summed E-state index contributed by atoms with van der Waals surface area (Å²) in [4.78, 5) is 26.2. The predicted octanol–water partition coefficient (Wildman–Crippen LogP) is 0.514. The van der Waals surface area contributed by atoms with Crippen molar-refractivity contribution in [1.29, 1.82) is 0 Å². The van der Waals surface area contributed by atoms with Crippen LogP contribution >= 0.6 is 0 Å². The number of carbonyl (C=O) groups excluding carboxylic acids is 2. The van der Waals surface area contributed by atoms with Gasteiger partial charge in [0.2, 0.25) is 5.69 Å². The highest BCUT2D eigenvalue weighted by molar-refractivity contribution is 6.07. The normalized spacial score (nSPS) is 22.2. The summed E-state index contributed by atoms with van der Waals surface area (Å²) in [5.41, 5.74) is 0.213. The Kier molecular flexibility index (Phi) is 4.15. The minimum atomic E-state index is -0.320. The Hall–Kier alpha value is -1.80. The number of anilines is 1. The fourth-order valence-corrected chi connectivity index (χ4v) is 2.44. The zero-order valence-electron chi connectivity index (χ0n) is 11.8. The lowest BCUT2D eigenvalue weighted by molar-refractivity contribution is -0.744. The Labute approximate surface area is 117 Å². The molecule has 1 atom stereocenters. The predicted molar refractivity (Wildman–Crippen MR) is 71.1 cm³/mol. The molecule has 8 nitrogen and oxygen atoms in total. The lowest BCUT2D eigenvalue weighted by Crippen LogP contribution is -2.62. The molecule has 8 heteroatoms. The van der Waals surface area contributed by atoms with E-state index in [1.165, 1.54) is 4.90 Å². The first-order valence-corrected chi connectivity index (χ1v) is 6.72. The largest absolute Gasteiger partial charge is 0.432 e. The molecule has 110 valence electrons. The summed E-state index contributed by atoms with van der Waals surface area (Å²) in [6, 6.07) is -0.293. The van der Waals surface area contributed by atoms with E-state index in [9.17, 15) is 9.59 Å². The number of nitrogens with zero attached hydrogens (tertiary/aromatic N) is 4. The van der Waals surface area contributed by atoms with Crippen LogP contribution in [0.3, 0.4) is 0 Å². The van der Waals surface area contributed by atoms with E-state index in [1.807, 2.05) is 0 Å². The Bertz CT molecular complexity index is 515. The van der Waals surface area contributed by atoms with Crippen LogP contribution in [0.5, 0.6) is 0 Å². The average Bonchev–Trinajstić information content (AvgIpc) is 2.92. The van der Waals surface area contributed by atoms with Gasteiger partial charge in [-0.05, 0) is 19.3 Å². The summed E-state index contributed by atoms with van der Waals surface area (Å²) in [5, 5.41) is 18.8. The minimum absolute atomic E-state index is 0.176. The number of urea groups is 1. The number of imide groups is 1. The molecule has 20 heavy (non-hydrogen) atoms. The van der Waals surface area contributed by atoms with Gasteiger partial charge in [0.1, 0.15) is 0 Å². The molecule has 0 unspecified atom stereocenters. The minimum Gasteiger partial charge on any atom is -0.396 e. The van der Waals surface area contributed by atoms with Gasteiger partial charge in [-0.15, -0.1) is 10.2 Å². The summed E-state index contributed by atoms with van der Waals surface area (Å²) >= 11 is 0. The van der Waals surface area contributed by atoms with Crippen LogP contribution < -0.4 is 4.90 Å². The number of fused-ring (bicyclic) bond motifs is 1. The van der Waals surface area contributed by atoms with Crippen LogP contribution in [0.4, 0.5) is 10.6 Å². The summed E-state index contributed by atoms with van der Waals surface area (Å²) in [7, 11) is 3.21. The fourth-order valence-electron chi connectivity index (χ4n) is 2.44. The van der Waals surface area contributed by atoms with Crippen molar-refractivity contribution in [3.63, 3.8) is 0 Å². The van der Waals surface area contributed by atoms with Crippen molar-refractivity contribution in [2.75, 3.05) is 32.1 Å². The van der Waals surface area contributed by atoms with E-state index < -0.39 is 0 Å². The molecule has 0 aromatic carbocycles. The van der Waals surface area contributed by atoms with E-state index in [0.29, 0.717) is 6.54 Å². The number of aromatic nitrogens is 3. The van der Waals surface area contributed by atoms with Crippen molar-refractivity contribution in [3.8, 4) is 0 Å². The highest BCUT2D eigenvalue weighted by Crippen LogP contribution is 2.28. The first-order chi connectivity index (χ1) is 9.52. The molecule has 0 radical (unpaired) electrons. The molecule has 2 rings (SSSR count). The molecular formula is C12H20N5O3+. The van der Waals surface area contributed by atoms with Crippen molar-refractivity contribution in [1.82, 2.24) is 15.4 Å². The average molecular weight is 282 g/mol. The molecule has 1 aromatic heterocycles. The van der Waals surface area contributed by atoms with Gasteiger partial charge in [-0.2, -0.15) is 9.70 Å². The summed E-state index contributed by atoms with van der Waals surface area (Å²) in [6.07, 6.45) is 3.27. The highest BCUT2D eigenvalue weighted by atomic mass is 16.3. The molecule has 3 amide bonds. The number of aliphatic hydroxyl groups excluding tert-OH is 1. The number of aliphatic hydroxyl groups is 1. The van der Waals surface area contributed by atoms with Crippen molar-refractivity contribution in [2.24, 2.45) is 0 Å². The third-order valence-corrected chi connectivity index (χ3v) is 3.72. The van der Waals surface area contributed by atoms with Gasteiger partial charge >= 0.3 is 11.9 Å². The molecule has 0 saturated carbocycles. The van der Waals surface area contributed by atoms with Crippen LogP contribution in [-0.4, -0.2) is 64.2 Å². The van der Waals surface area contributed by atoms with Gasteiger partial charge in [0.25, 0.3) is 0 Å². The number of H-pyrrole nitrogens is 1. The molecule has 0 aliphatic carbocycles. The van der Waals surface area contributed by atoms with Crippen molar-refractivity contribution >= 4 is 17.8 Å². The van der Waals surface area contributed by atoms with Gasteiger partial charge in [-0.25, -0.2) is 14.5 Å². The smallest absolute Gasteiger partial charge is 0.396 e. The van der Waals surface area contributed by atoms with Crippen LogP contribution in [0.25, 0.3) is 0 Å². The van der Waals surface area contributed by atoms with E-state index in [4.69, 9.17) is 5.11 Å². The first kappa shape index (κ1) is 14.6. The number of hydrogen-bond donors (Lipinski definition) is 2. The monoisotopic (exact) mass is 282 g/mol. The van der Waals surface area contributed by atoms with Gasteiger partial charge in [0, 0.05) is 13.7 Å². The molecule has 0 saturated heterocycles. The second-order valence-electron chi connectivity index (χ2n) is 5.20. The summed E-state index contributed by atoms with van der Waals surface area (Å²) in [5.74, 6) is -0.0325. The second kappa shape index (κ2) is 5.68. The van der Waals surface area contributed by atoms with E-state index in [-0.39, 0.29) is 34.5 Å². The number of hydrogen-bond acceptors (Lipinski definition) is 5. The second-order valence-corrected chi connectivity index (χ2v) is 5.20. The zero-order chi connectivity index (χ0) is 14.8. The van der Waals surface area contributed by atoms with Crippen LogP contribution in [0.15, 0.2) is 0 Å². The lowest BCUT2D eigenvalue weighted by Gasteiger charge is -2.34. The van der Waals surface area contributed by atoms with Crippen molar-refractivity contribution in [2.45, 2.75) is 25.7 Å². The molecule has 0 fully saturated rings. The number of nitrogens with one attached hydrogen (secondary N) is 1. The number of aromatic amines is 1. The number of amides is 3. The van der Waals surface area contributed by atoms with Gasteiger partial charge in [0.15, 0.2) is 5.82 Å². The molecule has 1 aliphatic heterocycles. The summed E-state index contributed by atoms with van der Waals surface area (Å²) in [6.45, 7) is 0.606. The molecule has 2 heterocycles. The maximum atomic E-state index is 12.4. The van der Waals surface area contributed by atoms with E-state index in [1.54, 1.807) is 14.1 Å². The Balaban J connectivity index is 2.10. The molecule has 2 N–H and O–H groups in total. The van der Waals surface area contributed by atoms with E-state index in [0.717, 1.165) is 25.7 Å². The fraction of sp³-hybridized carbons (Fsp3) is 0.667. The van der Waals surface area contributed by atoms with Crippen molar-refractivity contribution < 1.29 is 19.2 Å². The van der Waals surface area contributed by atoms with E-state index >= 15 is 0 Å². The SMILES string of the molecule is CN1C(=O)[N@+](C)(CCCCCCO)C(=O)c2n[nH]nc21. The van der Waals surface area contributed by atoms with Gasteiger partial charge in [0.05, 0.1) is 13.6 Å². The molecular weight excluding hydrogens is 262 g/mol. The van der Waals surface area contributed by atoms with Crippen LogP contribution in [0, 0.1) is 0 Å². The lowest BCUT2D eigenvalue weighted by atomic mass is 10.1.